The number of anilines is 1. The van der Waals surface area contributed by atoms with Gasteiger partial charge in [-0.1, -0.05) is 25.1 Å². The smallest absolute Gasteiger partial charge is 0.193 e. The van der Waals surface area contributed by atoms with Gasteiger partial charge in [-0.15, -0.1) is 0 Å². The normalized spacial score (nSPS) is 24.2. The molecule has 18 heavy (non-hydrogen) atoms. The van der Waals surface area contributed by atoms with Crippen LogP contribution < -0.4 is 11.1 Å². The summed E-state index contributed by atoms with van der Waals surface area (Å²) in [6, 6.07) is 10.3. The summed E-state index contributed by atoms with van der Waals surface area (Å²) in [5.41, 5.74) is 6.93. The molecule has 0 saturated heterocycles. The van der Waals surface area contributed by atoms with Crippen LogP contribution in [0.25, 0.3) is 0 Å². The van der Waals surface area contributed by atoms with Gasteiger partial charge in [0.15, 0.2) is 5.96 Å². The molecule has 3 nitrogen and oxygen atoms in total. The molecule has 1 aliphatic carbocycles. The van der Waals surface area contributed by atoms with Gasteiger partial charge in [-0.05, 0) is 37.1 Å². The van der Waals surface area contributed by atoms with Crippen molar-refractivity contribution >= 4 is 23.4 Å². The highest BCUT2D eigenvalue weighted by atomic mass is 32.2. The van der Waals surface area contributed by atoms with Crippen LogP contribution in [0.2, 0.25) is 0 Å². The number of benzene rings is 1. The van der Waals surface area contributed by atoms with Crippen LogP contribution in [0.3, 0.4) is 0 Å². The van der Waals surface area contributed by atoms with Crippen molar-refractivity contribution < 1.29 is 0 Å². The zero-order chi connectivity index (χ0) is 12.8. The number of hydrogen-bond donors (Lipinski definition) is 2. The Kier molecular flexibility index (Phi) is 4.93. The second-order valence-electron chi connectivity index (χ2n) is 4.55. The fraction of sp³-hybridized carbons (Fsp3) is 0.500. The summed E-state index contributed by atoms with van der Waals surface area (Å²) in [4.78, 5) is 4.57. The lowest BCUT2D eigenvalue weighted by atomic mass is 10.3. The first kappa shape index (κ1) is 13.3. The van der Waals surface area contributed by atoms with E-state index in [1.165, 1.54) is 12.2 Å². The largest absolute Gasteiger partial charge is 0.370 e. The van der Waals surface area contributed by atoms with Crippen LogP contribution in [-0.4, -0.2) is 23.0 Å². The molecular weight excluding hydrogens is 242 g/mol. The zero-order valence-electron chi connectivity index (χ0n) is 10.8. The van der Waals surface area contributed by atoms with Crippen LogP contribution in [0.4, 0.5) is 5.69 Å². The maximum absolute atomic E-state index is 5.94. The van der Waals surface area contributed by atoms with E-state index in [9.17, 15) is 0 Å². The number of nitrogens with two attached hydrogens (primary N) is 1. The molecule has 2 unspecified atom stereocenters. The molecule has 0 spiro atoms. The van der Waals surface area contributed by atoms with Crippen LogP contribution in [-0.2, 0) is 0 Å². The average molecular weight is 263 g/mol. The van der Waals surface area contributed by atoms with E-state index >= 15 is 0 Å². The van der Waals surface area contributed by atoms with E-state index in [2.05, 4.69) is 17.2 Å². The number of aliphatic imine (C=N–C) groups is 1. The highest BCUT2D eigenvalue weighted by Crippen LogP contribution is 2.31. The van der Waals surface area contributed by atoms with Gasteiger partial charge < -0.3 is 11.1 Å². The lowest BCUT2D eigenvalue weighted by Gasteiger charge is -2.09. The molecule has 0 bridgehead atoms. The first-order valence-electron chi connectivity index (χ1n) is 6.55. The molecule has 2 rings (SSSR count). The Morgan fingerprint density at radius 2 is 2.17 bits per heavy atom. The minimum atomic E-state index is 0.394. The van der Waals surface area contributed by atoms with Crippen molar-refractivity contribution in [2.45, 2.75) is 37.5 Å². The molecular formula is C14H21N3S. The second kappa shape index (κ2) is 6.69. The summed E-state index contributed by atoms with van der Waals surface area (Å²) in [6.45, 7) is 2.21. The van der Waals surface area contributed by atoms with E-state index in [1.807, 2.05) is 42.1 Å². The van der Waals surface area contributed by atoms with Crippen molar-refractivity contribution in [3.05, 3.63) is 30.3 Å². The molecule has 2 atom stereocenters. The standard InChI is InChI=1S/C14H21N3S/c1-2-18-13-9-8-12(10-13)17-14(15)16-11-6-4-3-5-7-11/h3-7,12-13H,2,8-10H2,1H3,(H3,15,16,17). The number of thioether (sulfide) groups is 1. The number of nitrogens with one attached hydrogen (secondary N) is 1. The molecule has 1 aliphatic rings. The molecule has 1 aromatic carbocycles. The summed E-state index contributed by atoms with van der Waals surface area (Å²) in [7, 11) is 0. The maximum atomic E-state index is 5.94. The van der Waals surface area contributed by atoms with Gasteiger partial charge in [-0.3, -0.25) is 0 Å². The molecule has 1 aromatic rings. The number of rotatable bonds is 4. The van der Waals surface area contributed by atoms with E-state index in [0.717, 1.165) is 23.8 Å². The number of para-hydroxylation sites is 1. The SMILES string of the molecule is CCSC1CCC(N=C(N)Nc2ccccc2)C1. The first-order chi connectivity index (χ1) is 8.78. The Balaban J connectivity index is 1.86. The van der Waals surface area contributed by atoms with Crippen molar-refractivity contribution in [2.75, 3.05) is 11.1 Å². The molecule has 0 amide bonds. The molecule has 1 saturated carbocycles. The summed E-state index contributed by atoms with van der Waals surface area (Å²) in [6.07, 6.45) is 3.59. The van der Waals surface area contributed by atoms with E-state index in [-0.39, 0.29) is 0 Å². The van der Waals surface area contributed by atoms with E-state index in [0.29, 0.717) is 12.0 Å². The van der Waals surface area contributed by atoms with Crippen molar-refractivity contribution in [1.82, 2.24) is 0 Å². The van der Waals surface area contributed by atoms with Gasteiger partial charge in [-0.2, -0.15) is 11.8 Å². The van der Waals surface area contributed by atoms with Gasteiger partial charge in [0.05, 0.1) is 6.04 Å². The topological polar surface area (TPSA) is 50.4 Å². The maximum Gasteiger partial charge on any atom is 0.193 e. The summed E-state index contributed by atoms with van der Waals surface area (Å²) in [5, 5.41) is 3.91. The first-order valence-corrected chi connectivity index (χ1v) is 7.59. The molecule has 1 fully saturated rings. The van der Waals surface area contributed by atoms with E-state index in [4.69, 9.17) is 5.73 Å². The Morgan fingerprint density at radius 1 is 1.39 bits per heavy atom. The summed E-state index contributed by atoms with van der Waals surface area (Å²) >= 11 is 2.04. The van der Waals surface area contributed by atoms with Gasteiger partial charge >= 0.3 is 0 Å². The van der Waals surface area contributed by atoms with E-state index in [1.54, 1.807) is 0 Å². The van der Waals surface area contributed by atoms with Crippen LogP contribution >= 0.6 is 11.8 Å². The predicted octanol–water partition coefficient (Wildman–Crippen LogP) is 3.09. The van der Waals surface area contributed by atoms with Gasteiger partial charge in [0.1, 0.15) is 0 Å². The van der Waals surface area contributed by atoms with Gasteiger partial charge in [-0.25, -0.2) is 4.99 Å². The average Bonchev–Trinajstić information content (AvgIpc) is 2.78. The van der Waals surface area contributed by atoms with Crippen LogP contribution in [0.15, 0.2) is 35.3 Å². The second-order valence-corrected chi connectivity index (χ2v) is 6.13. The van der Waals surface area contributed by atoms with Crippen molar-refractivity contribution in [1.29, 1.82) is 0 Å². The lowest BCUT2D eigenvalue weighted by Crippen LogP contribution is -2.24. The Labute approximate surface area is 113 Å². The molecule has 0 aliphatic heterocycles. The molecule has 4 heteroatoms. The highest BCUT2D eigenvalue weighted by Gasteiger charge is 2.24. The van der Waals surface area contributed by atoms with Gasteiger partial charge in [0, 0.05) is 10.9 Å². The van der Waals surface area contributed by atoms with Crippen molar-refractivity contribution in [3.8, 4) is 0 Å². The van der Waals surface area contributed by atoms with Crippen LogP contribution in [0.1, 0.15) is 26.2 Å². The monoisotopic (exact) mass is 263 g/mol. The van der Waals surface area contributed by atoms with Gasteiger partial charge in [0.2, 0.25) is 0 Å². The quantitative estimate of drug-likeness (QED) is 0.648. The van der Waals surface area contributed by atoms with Crippen molar-refractivity contribution in [2.24, 2.45) is 10.7 Å². The molecule has 3 N–H and O–H groups in total. The third kappa shape index (κ3) is 3.95. The highest BCUT2D eigenvalue weighted by molar-refractivity contribution is 7.99. The summed E-state index contributed by atoms with van der Waals surface area (Å²) in [5.74, 6) is 1.73. The van der Waals surface area contributed by atoms with Crippen LogP contribution in [0, 0.1) is 0 Å². The third-order valence-electron chi connectivity index (χ3n) is 3.13. The molecule has 0 heterocycles. The molecule has 0 radical (unpaired) electrons. The van der Waals surface area contributed by atoms with Crippen LogP contribution in [0.5, 0.6) is 0 Å². The lowest BCUT2D eigenvalue weighted by molar-refractivity contribution is 0.707. The third-order valence-corrected chi connectivity index (χ3v) is 4.36. The number of guanidine groups is 1. The number of hydrogen-bond acceptors (Lipinski definition) is 2. The van der Waals surface area contributed by atoms with Gasteiger partial charge in [0.25, 0.3) is 0 Å². The minimum Gasteiger partial charge on any atom is -0.370 e. The Hall–Kier alpha value is -1.16. The van der Waals surface area contributed by atoms with Crippen molar-refractivity contribution in [3.63, 3.8) is 0 Å². The Bertz CT molecular complexity index is 391. The molecule has 98 valence electrons. The number of nitrogens with zero attached hydrogens (tertiary/aromatic N) is 1. The van der Waals surface area contributed by atoms with E-state index < -0.39 is 0 Å². The fourth-order valence-corrected chi connectivity index (χ4v) is 3.45. The Morgan fingerprint density at radius 3 is 2.89 bits per heavy atom. The summed E-state index contributed by atoms with van der Waals surface area (Å²) < 4.78 is 0. The predicted molar refractivity (Wildman–Crippen MR) is 81.2 cm³/mol. The zero-order valence-corrected chi connectivity index (χ0v) is 11.6. The molecule has 0 aromatic heterocycles. The fourth-order valence-electron chi connectivity index (χ4n) is 2.32. The minimum absolute atomic E-state index is 0.394.